The molecule has 4 amide bonds. The minimum Gasteiger partial charge on any atom is -0.388 e. The van der Waals surface area contributed by atoms with E-state index in [0.29, 0.717) is 28.1 Å². The van der Waals surface area contributed by atoms with Crippen molar-refractivity contribution in [2.45, 2.75) is 27.2 Å². The molecule has 0 saturated carbocycles. The summed E-state index contributed by atoms with van der Waals surface area (Å²) in [6.45, 7) is 8.65. The van der Waals surface area contributed by atoms with Crippen LogP contribution in [0.3, 0.4) is 0 Å². The van der Waals surface area contributed by atoms with Gasteiger partial charge in [-0.25, -0.2) is 0 Å². The first kappa shape index (κ1) is 27.9. The molecule has 200 valence electrons. The van der Waals surface area contributed by atoms with Gasteiger partial charge in [0.1, 0.15) is 17.1 Å². The molecule has 3 rings (SSSR count). The quantitative estimate of drug-likeness (QED) is 0.0982. The third kappa shape index (κ3) is 6.18. The van der Waals surface area contributed by atoms with Gasteiger partial charge in [-0.1, -0.05) is 6.58 Å². The summed E-state index contributed by atoms with van der Waals surface area (Å²) < 4.78 is 0.140. The Morgan fingerprint density at radius 1 is 0.921 bits per heavy atom. The van der Waals surface area contributed by atoms with Crippen LogP contribution in [0.2, 0.25) is 0 Å². The number of amidine groups is 1. The van der Waals surface area contributed by atoms with Crippen molar-refractivity contribution in [1.29, 1.82) is 5.41 Å². The summed E-state index contributed by atoms with van der Waals surface area (Å²) in [5, 5.41) is 24.5. The summed E-state index contributed by atoms with van der Waals surface area (Å²) >= 11 is 3.00. The molecule has 0 aliphatic heterocycles. The first-order valence-electron chi connectivity index (χ1n) is 11.2. The van der Waals surface area contributed by atoms with Crippen LogP contribution in [0.15, 0.2) is 23.5 Å². The van der Waals surface area contributed by atoms with Crippen molar-refractivity contribution < 1.29 is 19.2 Å². The van der Waals surface area contributed by atoms with Crippen LogP contribution in [-0.4, -0.2) is 56.2 Å². The Bertz CT molecular complexity index is 1450. The predicted molar refractivity (Wildman–Crippen MR) is 146 cm³/mol. The number of hydrogen-bond donors (Lipinski definition) is 9. The van der Waals surface area contributed by atoms with Gasteiger partial charge in [-0.2, -0.15) is 5.10 Å². The van der Waals surface area contributed by atoms with Crippen molar-refractivity contribution in [1.82, 2.24) is 25.5 Å². The number of anilines is 3. The zero-order valence-electron chi connectivity index (χ0n) is 20.8. The number of hydrogen-bond acceptors (Lipinski definition) is 6. The smallest absolute Gasteiger partial charge is 0.274 e. The highest BCUT2D eigenvalue weighted by Gasteiger charge is 2.22. The fraction of sp³-hybridized carbons (Fsp3) is 0.217. The number of rotatable bonds is 10. The van der Waals surface area contributed by atoms with Gasteiger partial charge in [0.2, 0.25) is 0 Å². The lowest BCUT2D eigenvalue weighted by molar-refractivity contribution is -0.112. The highest BCUT2D eigenvalue weighted by Crippen LogP contribution is 2.24. The normalized spacial score (nSPS) is 10.5. The van der Waals surface area contributed by atoms with Crippen molar-refractivity contribution in [2.75, 3.05) is 22.5 Å². The van der Waals surface area contributed by atoms with Gasteiger partial charge >= 0.3 is 0 Å². The SMILES string of the molecule is C=C(Br)C(=O)Nc1c[nH]c(C(=O)Nc2n[nH]c(C(=O)Nc3c[nH]c(C(=O)NCCC(=N)N)c3C)c2C)c1C. The standard InChI is InChI=1S/C23H27BrN10O4/c1-9-14(8-28-16(9)21(36)27-6-5-15(25)26)31-23(38)18-11(3)19(34-33-18)32-22(37)17-10(2)13(7-29-17)30-20(35)12(4)24/h7-8,28-29H,4-6H2,1-3H3,(H3,25,26)(H,27,36)(H,30,35)(H,31,38)(H2,32,33,34,37). The van der Waals surface area contributed by atoms with Crippen LogP contribution in [-0.2, 0) is 4.79 Å². The van der Waals surface area contributed by atoms with Crippen molar-refractivity contribution in [3.63, 3.8) is 0 Å². The zero-order chi connectivity index (χ0) is 28.1. The van der Waals surface area contributed by atoms with E-state index in [2.05, 4.69) is 63.9 Å². The molecule has 3 heterocycles. The number of halogens is 1. The molecule has 0 spiro atoms. The molecule has 0 aromatic carbocycles. The molecule has 10 N–H and O–H groups in total. The number of aromatic nitrogens is 4. The van der Waals surface area contributed by atoms with Gasteiger partial charge < -0.3 is 37.0 Å². The van der Waals surface area contributed by atoms with Gasteiger partial charge in [-0.3, -0.25) is 29.7 Å². The van der Waals surface area contributed by atoms with Gasteiger partial charge in [0.25, 0.3) is 23.6 Å². The number of H-pyrrole nitrogens is 3. The summed E-state index contributed by atoms with van der Waals surface area (Å²) in [5.74, 6) is -1.79. The average Bonchev–Trinajstić information content (AvgIpc) is 3.51. The molecule has 0 bridgehead atoms. The summed E-state index contributed by atoms with van der Waals surface area (Å²) in [6.07, 6.45) is 3.18. The van der Waals surface area contributed by atoms with E-state index in [9.17, 15) is 19.2 Å². The van der Waals surface area contributed by atoms with Crippen LogP contribution in [0.5, 0.6) is 0 Å². The van der Waals surface area contributed by atoms with Crippen LogP contribution in [0.25, 0.3) is 0 Å². The molecule has 14 nitrogen and oxygen atoms in total. The first-order chi connectivity index (χ1) is 17.9. The van der Waals surface area contributed by atoms with Crippen molar-refractivity contribution >= 4 is 62.6 Å². The molecule has 0 saturated heterocycles. The maximum atomic E-state index is 12.9. The third-order valence-corrected chi connectivity index (χ3v) is 5.99. The number of aromatic amines is 3. The number of amides is 4. The Labute approximate surface area is 225 Å². The molecule has 0 unspecified atom stereocenters. The van der Waals surface area contributed by atoms with Crippen LogP contribution in [0, 0.1) is 26.2 Å². The lowest BCUT2D eigenvalue weighted by atomic mass is 10.2. The molecule has 0 atom stereocenters. The maximum absolute atomic E-state index is 12.9. The molecule has 0 aliphatic carbocycles. The van der Waals surface area contributed by atoms with E-state index in [1.54, 1.807) is 20.8 Å². The Morgan fingerprint density at radius 3 is 2.05 bits per heavy atom. The summed E-state index contributed by atoms with van der Waals surface area (Å²) in [7, 11) is 0. The summed E-state index contributed by atoms with van der Waals surface area (Å²) in [5.41, 5.74) is 8.06. The molecule has 0 aliphatic rings. The largest absolute Gasteiger partial charge is 0.388 e. The second kappa shape index (κ2) is 11.6. The number of nitrogens with two attached hydrogens (primary N) is 1. The van der Waals surface area contributed by atoms with Gasteiger partial charge in [0.15, 0.2) is 5.82 Å². The van der Waals surface area contributed by atoms with Crippen molar-refractivity contribution in [3.8, 4) is 0 Å². The topological polar surface area (TPSA) is 227 Å². The predicted octanol–water partition coefficient (Wildman–Crippen LogP) is 2.40. The Balaban J connectivity index is 1.67. The number of nitrogens with one attached hydrogen (secondary N) is 8. The Morgan fingerprint density at radius 2 is 1.47 bits per heavy atom. The second-order valence-electron chi connectivity index (χ2n) is 8.28. The van der Waals surface area contributed by atoms with Crippen LogP contribution >= 0.6 is 15.9 Å². The van der Waals surface area contributed by atoms with Crippen LogP contribution in [0.4, 0.5) is 17.2 Å². The Kier molecular flexibility index (Phi) is 8.52. The van der Waals surface area contributed by atoms with E-state index in [4.69, 9.17) is 11.1 Å². The molecule has 0 radical (unpaired) electrons. The fourth-order valence-corrected chi connectivity index (χ4v) is 3.51. The molecule has 3 aromatic heterocycles. The van der Waals surface area contributed by atoms with E-state index in [1.807, 2.05) is 0 Å². The third-order valence-electron chi connectivity index (χ3n) is 5.63. The number of carbonyl (C=O) groups is 4. The van der Waals surface area contributed by atoms with Crippen molar-refractivity contribution in [2.24, 2.45) is 5.73 Å². The molecule has 0 fully saturated rings. The lowest BCUT2D eigenvalue weighted by Crippen LogP contribution is -2.28. The van der Waals surface area contributed by atoms with E-state index >= 15 is 0 Å². The molecular formula is C23H27BrN10O4. The second-order valence-corrected chi connectivity index (χ2v) is 9.23. The van der Waals surface area contributed by atoms with Gasteiger partial charge in [-0.05, 0) is 36.7 Å². The minimum atomic E-state index is -0.530. The number of nitrogens with zero attached hydrogens (tertiary/aromatic N) is 1. The molecule has 15 heteroatoms. The van der Waals surface area contributed by atoms with Gasteiger partial charge in [0.05, 0.1) is 21.7 Å². The minimum absolute atomic E-state index is 0.0369. The summed E-state index contributed by atoms with van der Waals surface area (Å²) in [4.78, 5) is 55.5. The fourth-order valence-electron chi connectivity index (χ4n) is 3.41. The van der Waals surface area contributed by atoms with Gasteiger partial charge in [-0.15, -0.1) is 0 Å². The average molecular weight is 587 g/mol. The van der Waals surface area contributed by atoms with Crippen LogP contribution < -0.4 is 27.0 Å². The lowest BCUT2D eigenvalue weighted by Gasteiger charge is -2.06. The number of carbonyl (C=O) groups excluding carboxylic acids is 4. The summed E-state index contributed by atoms with van der Waals surface area (Å²) in [6, 6.07) is 0. The van der Waals surface area contributed by atoms with E-state index in [0.717, 1.165) is 0 Å². The Hall–Kier alpha value is -4.66. The van der Waals surface area contributed by atoms with E-state index in [-0.39, 0.29) is 46.2 Å². The van der Waals surface area contributed by atoms with Crippen LogP contribution in [0.1, 0.15) is 54.6 Å². The van der Waals surface area contributed by atoms with E-state index in [1.165, 1.54) is 12.4 Å². The molecule has 38 heavy (non-hydrogen) atoms. The highest BCUT2D eigenvalue weighted by atomic mass is 79.9. The zero-order valence-corrected chi connectivity index (χ0v) is 22.4. The van der Waals surface area contributed by atoms with Gasteiger partial charge in [0, 0.05) is 42.0 Å². The first-order valence-corrected chi connectivity index (χ1v) is 12.0. The monoisotopic (exact) mass is 586 g/mol. The van der Waals surface area contributed by atoms with E-state index < -0.39 is 23.6 Å². The molecular weight excluding hydrogens is 560 g/mol. The van der Waals surface area contributed by atoms with Crippen molar-refractivity contribution in [3.05, 3.63) is 57.2 Å². The molecule has 3 aromatic rings. The maximum Gasteiger partial charge on any atom is 0.274 e. The highest BCUT2D eigenvalue weighted by molar-refractivity contribution is 9.12.